The zero-order valence-corrected chi connectivity index (χ0v) is 21.4. The molecule has 3 N–H and O–H groups in total. The van der Waals surface area contributed by atoms with E-state index in [9.17, 15) is 0 Å². The maximum Gasteiger partial charge on any atom is 0.00509 e. The Morgan fingerprint density at radius 2 is 0.862 bits per heavy atom. The van der Waals surface area contributed by atoms with E-state index in [1.807, 2.05) is 0 Å². The van der Waals surface area contributed by atoms with Gasteiger partial charge in [-0.05, 0) is 89.4 Å². The molecule has 0 aliphatic carbocycles. The summed E-state index contributed by atoms with van der Waals surface area (Å²) in [5, 5.41) is 11.1. The molecule has 0 fully saturated rings. The highest BCUT2D eigenvalue weighted by Gasteiger charge is 2.08. The van der Waals surface area contributed by atoms with E-state index in [1.165, 1.54) is 51.4 Å². The van der Waals surface area contributed by atoms with Crippen molar-refractivity contribution in [2.45, 2.75) is 119 Å². The molecule has 0 aromatic carbocycles. The number of hydrogen-bond donors (Lipinski definition) is 3. The predicted octanol–water partition coefficient (Wildman–Crippen LogP) is 6.24. The molecule has 3 nitrogen and oxygen atoms in total. The maximum atomic E-state index is 3.72. The van der Waals surface area contributed by atoms with Crippen LogP contribution >= 0.6 is 0 Å². The standard InChI is InChI=1S/C26H57N3/c1-21(2)11-9-13-23(5)19-28-25(7)15-17-27-18-16-26(8)29-20-24(6)14-10-12-22(3)4/h21-29H,9-20H2,1-8H3. The Morgan fingerprint density at radius 3 is 1.21 bits per heavy atom. The summed E-state index contributed by atoms with van der Waals surface area (Å²) in [7, 11) is 0. The van der Waals surface area contributed by atoms with Crippen LogP contribution in [0.15, 0.2) is 0 Å². The number of hydrogen-bond acceptors (Lipinski definition) is 3. The molecule has 0 spiro atoms. The van der Waals surface area contributed by atoms with Gasteiger partial charge in [-0.15, -0.1) is 0 Å². The molecular formula is C26H57N3. The first-order valence-corrected chi connectivity index (χ1v) is 12.9. The summed E-state index contributed by atoms with van der Waals surface area (Å²) in [6, 6.07) is 1.22. The largest absolute Gasteiger partial charge is 0.317 e. The van der Waals surface area contributed by atoms with Crippen molar-refractivity contribution in [3.63, 3.8) is 0 Å². The second-order valence-electron chi connectivity index (χ2n) is 10.8. The molecule has 176 valence electrons. The van der Waals surface area contributed by atoms with Crippen LogP contribution in [0.2, 0.25) is 0 Å². The van der Waals surface area contributed by atoms with E-state index in [0.29, 0.717) is 12.1 Å². The molecule has 0 aliphatic rings. The van der Waals surface area contributed by atoms with Gasteiger partial charge in [0.05, 0.1) is 0 Å². The normalized spacial score (nSPS) is 16.3. The van der Waals surface area contributed by atoms with Crippen LogP contribution in [0, 0.1) is 23.7 Å². The summed E-state index contributed by atoms with van der Waals surface area (Å²) in [4.78, 5) is 0. The maximum absolute atomic E-state index is 3.72. The lowest BCUT2D eigenvalue weighted by atomic mass is 9.99. The van der Waals surface area contributed by atoms with Gasteiger partial charge in [-0.1, -0.05) is 67.2 Å². The molecule has 0 saturated carbocycles. The Morgan fingerprint density at radius 1 is 0.483 bits per heavy atom. The third kappa shape index (κ3) is 20.9. The molecule has 0 aromatic rings. The minimum atomic E-state index is 0.609. The summed E-state index contributed by atoms with van der Waals surface area (Å²) >= 11 is 0. The second kappa shape index (κ2) is 18.6. The molecule has 0 bridgehead atoms. The lowest BCUT2D eigenvalue weighted by Crippen LogP contribution is -2.35. The van der Waals surface area contributed by atoms with Crippen LogP contribution in [0.3, 0.4) is 0 Å². The van der Waals surface area contributed by atoms with Crippen LogP contribution in [0.5, 0.6) is 0 Å². The smallest absolute Gasteiger partial charge is 0.00509 e. The molecule has 4 atom stereocenters. The number of rotatable bonds is 20. The fourth-order valence-corrected chi connectivity index (χ4v) is 3.72. The van der Waals surface area contributed by atoms with Gasteiger partial charge in [-0.3, -0.25) is 0 Å². The van der Waals surface area contributed by atoms with Gasteiger partial charge in [0.2, 0.25) is 0 Å². The van der Waals surface area contributed by atoms with Gasteiger partial charge in [0.1, 0.15) is 0 Å². The van der Waals surface area contributed by atoms with Crippen LogP contribution in [-0.4, -0.2) is 38.3 Å². The van der Waals surface area contributed by atoms with Crippen molar-refractivity contribution in [3.05, 3.63) is 0 Å². The molecule has 0 amide bonds. The van der Waals surface area contributed by atoms with E-state index in [2.05, 4.69) is 71.3 Å². The quantitative estimate of drug-likeness (QED) is 0.208. The van der Waals surface area contributed by atoms with Gasteiger partial charge in [0.25, 0.3) is 0 Å². The Balaban J connectivity index is 3.55. The SMILES string of the molecule is CC(C)CCCC(C)CNC(C)CCNCCC(C)NCC(C)CCCC(C)C. The first kappa shape index (κ1) is 28.9. The third-order valence-corrected chi connectivity index (χ3v) is 6.09. The Hall–Kier alpha value is -0.120. The molecule has 0 aliphatic heterocycles. The molecule has 0 aromatic heterocycles. The van der Waals surface area contributed by atoms with Gasteiger partial charge < -0.3 is 16.0 Å². The van der Waals surface area contributed by atoms with Gasteiger partial charge in [0, 0.05) is 12.1 Å². The van der Waals surface area contributed by atoms with Crippen LogP contribution in [0.4, 0.5) is 0 Å². The summed E-state index contributed by atoms with van der Waals surface area (Å²) in [5.74, 6) is 3.28. The summed E-state index contributed by atoms with van der Waals surface area (Å²) in [5.41, 5.74) is 0. The van der Waals surface area contributed by atoms with Crippen LogP contribution < -0.4 is 16.0 Å². The lowest BCUT2D eigenvalue weighted by Gasteiger charge is -2.20. The average Bonchev–Trinajstić information content (AvgIpc) is 2.63. The van der Waals surface area contributed by atoms with E-state index >= 15 is 0 Å². The van der Waals surface area contributed by atoms with Crippen LogP contribution in [0.1, 0.15) is 107 Å². The Bertz CT molecular complexity index is 311. The van der Waals surface area contributed by atoms with Gasteiger partial charge in [-0.25, -0.2) is 0 Å². The molecule has 0 saturated heterocycles. The van der Waals surface area contributed by atoms with Crippen molar-refractivity contribution >= 4 is 0 Å². The third-order valence-electron chi connectivity index (χ3n) is 6.09. The Kier molecular flexibility index (Phi) is 18.6. The van der Waals surface area contributed by atoms with Crippen molar-refractivity contribution in [1.82, 2.24) is 16.0 Å². The van der Waals surface area contributed by atoms with E-state index in [1.54, 1.807) is 0 Å². The van der Waals surface area contributed by atoms with Crippen molar-refractivity contribution in [2.75, 3.05) is 26.2 Å². The van der Waals surface area contributed by atoms with Gasteiger partial charge >= 0.3 is 0 Å². The molecule has 29 heavy (non-hydrogen) atoms. The highest BCUT2D eigenvalue weighted by molar-refractivity contribution is 4.68. The topological polar surface area (TPSA) is 36.1 Å². The first-order chi connectivity index (χ1) is 13.7. The lowest BCUT2D eigenvalue weighted by molar-refractivity contribution is 0.391. The van der Waals surface area contributed by atoms with Crippen LogP contribution in [-0.2, 0) is 0 Å². The van der Waals surface area contributed by atoms with Crippen molar-refractivity contribution in [2.24, 2.45) is 23.7 Å². The average molecular weight is 412 g/mol. The summed E-state index contributed by atoms with van der Waals surface area (Å²) < 4.78 is 0. The van der Waals surface area contributed by atoms with Crippen molar-refractivity contribution in [1.29, 1.82) is 0 Å². The molecule has 0 rings (SSSR count). The van der Waals surface area contributed by atoms with Crippen LogP contribution in [0.25, 0.3) is 0 Å². The second-order valence-corrected chi connectivity index (χ2v) is 10.8. The van der Waals surface area contributed by atoms with E-state index in [-0.39, 0.29) is 0 Å². The molecule has 3 heteroatoms. The van der Waals surface area contributed by atoms with Gasteiger partial charge in [-0.2, -0.15) is 0 Å². The fraction of sp³-hybridized carbons (Fsp3) is 1.00. The summed E-state index contributed by atoms with van der Waals surface area (Å²) in [6.07, 6.45) is 10.6. The van der Waals surface area contributed by atoms with E-state index < -0.39 is 0 Å². The highest BCUT2D eigenvalue weighted by Crippen LogP contribution is 2.13. The zero-order valence-electron chi connectivity index (χ0n) is 21.4. The minimum Gasteiger partial charge on any atom is -0.317 e. The number of nitrogens with one attached hydrogen (secondary N) is 3. The zero-order chi connectivity index (χ0) is 22.1. The van der Waals surface area contributed by atoms with Crippen molar-refractivity contribution < 1.29 is 0 Å². The minimum absolute atomic E-state index is 0.609. The molecule has 4 unspecified atom stereocenters. The van der Waals surface area contributed by atoms with E-state index in [4.69, 9.17) is 0 Å². The highest BCUT2D eigenvalue weighted by atomic mass is 14.9. The first-order valence-electron chi connectivity index (χ1n) is 12.9. The molecule has 0 radical (unpaired) electrons. The monoisotopic (exact) mass is 411 g/mol. The molecular weight excluding hydrogens is 354 g/mol. The van der Waals surface area contributed by atoms with E-state index in [0.717, 1.165) is 49.9 Å². The molecule has 0 heterocycles. The summed E-state index contributed by atoms with van der Waals surface area (Å²) in [6.45, 7) is 23.3. The van der Waals surface area contributed by atoms with Crippen molar-refractivity contribution in [3.8, 4) is 0 Å². The fourth-order valence-electron chi connectivity index (χ4n) is 3.72. The Labute approximate surface area is 185 Å². The predicted molar refractivity (Wildman–Crippen MR) is 133 cm³/mol. The van der Waals surface area contributed by atoms with Gasteiger partial charge in [0.15, 0.2) is 0 Å².